The minimum absolute atomic E-state index is 0.0399. The normalized spacial score (nSPS) is 28.6. The van der Waals surface area contributed by atoms with E-state index in [9.17, 15) is 13.2 Å². The van der Waals surface area contributed by atoms with Crippen molar-refractivity contribution in [1.82, 2.24) is 4.90 Å². The van der Waals surface area contributed by atoms with Crippen LogP contribution in [0.25, 0.3) is 0 Å². The lowest BCUT2D eigenvalue weighted by molar-refractivity contribution is -0.123. The average Bonchev–Trinajstić information content (AvgIpc) is 2.94. The molecule has 23 heavy (non-hydrogen) atoms. The van der Waals surface area contributed by atoms with Crippen molar-refractivity contribution in [2.75, 3.05) is 18.6 Å². The Morgan fingerprint density at radius 1 is 1.35 bits per heavy atom. The Bertz CT molecular complexity index is 733. The van der Waals surface area contributed by atoms with Gasteiger partial charge in [-0.15, -0.1) is 0 Å². The molecule has 8 heteroatoms. The van der Waals surface area contributed by atoms with Crippen LogP contribution in [0.1, 0.15) is 6.92 Å². The van der Waals surface area contributed by atoms with E-state index in [-0.39, 0.29) is 28.7 Å². The van der Waals surface area contributed by atoms with Crippen LogP contribution in [0.5, 0.6) is 5.75 Å². The Morgan fingerprint density at radius 3 is 2.70 bits per heavy atom. The monoisotopic (exact) mass is 354 g/mol. The second-order valence-corrected chi connectivity index (χ2v) is 9.08. The first-order valence-corrected chi connectivity index (χ1v) is 10.00. The van der Waals surface area contributed by atoms with Gasteiger partial charge in [-0.1, -0.05) is 30.0 Å². The molecule has 1 aromatic rings. The second kappa shape index (κ2) is 6.16. The molecule has 0 spiro atoms. The van der Waals surface area contributed by atoms with Gasteiger partial charge in [0.1, 0.15) is 5.75 Å². The third-order valence-electron chi connectivity index (χ3n) is 3.94. The van der Waals surface area contributed by atoms with Gasteiger partial charge < -0.3 is 9.64 Å². The van der Waals surface area contributed by atoms with Crippen molar-refractivity contribution in [3.63, 3.8) is 0 Å². The fraction of sp³-hybridized carbons (Fsp3) is 0.467. The lowest BCUT2D eigenvalue weighted by Crippen LogP contribution is -2.34. The maximum atomic E-state index is 12.2. The Hall–Kier alpha value is -1.54. The molecular weight excluding hydrogens is 336 g/mol. The van der Waals surface area contributed by atoms with Crippen molar-refractivity contribution in [1.29, 1.82) is 0 Å². The highest BCUT2D eigenvalue weighted by Gasteiger charge is 2.47. The minimum Gasteiger partial charge on any atom is -0.481 e. The third-order valence-corrected chi connectivity index (χ3v) is 7.24. The number of fused-ring (bicyclic) bond motifs is 1. The molecule has 0 N–H and O–H groups in total. The van der Waals surface area contributed by atoms with E-state index >= 15 is 0 Å². The van der Waals surface area contributed by atoms with Crippen molar-refractivity contribution in [3.8, 4) is 5.75 Å². The summed E-state index contributed by atoms with van der Waals surface area (Å²) >= 11 is 1.36. The first-order valence-electron chi connectivity index (χ1n) is 7.30. The molecule has 2 aliphatic heterocycles. The molecule has 0 aromatic heterocycles. The molecule has 0 unspecified atom stereocenters. The van der Waals surface area contributed by atoms with Gasteiger partial charge in [0.2, 0.25) is 0 Å². The van der Waals surface area contributed by atoms with Crippen LogP contribution in [0, 0.1) is 0 Å². The molecule has 2 aliphatic rings. The van der Waals surface area contributed by atoms with E-state index in [1.807, 2.05) is 18.2 Å². The van der Waals surface area contributed by atoms with Crippen molar-refractivity contribution >= 4 is 32.7 Å². The van der Waals surface area contributed by atoms with Gasteiger partial charge in [-0.25, -0.2) is 8.42 Å². The largest absolute Gasteiger partial charge is 0.481 e. The molecule has 2 heterocycles. The zero-order valence-electron chi connectivity index (χ0n) is 12.9. The lowest BCUT2D eigenvalue weighted by atomic mass is 10.2. The van der Waals surface area contributed by atoms with E-state index in [1.54, 1.807) is 31.0 Å². The van der Waals surface area contributed by atoms with E-state index in [2.05, 4.69) is 4.99 Å². The zero-order chi connectivity index (χ0) is 16.6. The quantitative estimate of drug-likeness (QED) is 0.811. The molecule has 0 aliphatic carbocycles. The number of thioether (sulfide) groups is 1. The number of aliphatic imine (C=N–C) groups is 1. The van der Waals surface area contributed by atoms with E-state index in [1.165, 1.54) is 11.8 Å². The Balaban J connectivity index is 1.67. The number of amides is 1. The number of carbonyl (C=O) groups is 1. The topological polar surface area (TPSA) is 76.0 Å². The Labute approximate surface area is 139 Å². The number of para-hydroxylation sites is 1. The molecule has 3 atom stereocenters. The molecule has 0 saturated carbocycles. The van der Waals surface area contributed by atoms with E-state index in [0.29, 0.717) is 10.9 Å². The fourth-order valence-electron chi connectivity index (χ4n) is 2.68. The summed E-state index contributed by atoms with van der Waals surface area (Å²) in [6.45, 7) is 1.66. The van der Waals surface area contributed by atoms with Crippen LogP contribution >= 0.6 is 11.8 Å². The van der Waals surface area contributed by atoms with E-state index < -0.39 is 15.9 Å². The number of hydrogen-bond donors (Lipinski definition) is 0. The molecule has 1 aromatic carbocycles. The molecule has 6 nitrogen and oxygen atoms in total. The summed E-state index contributed by atoms with van der Waals surface area (Å²) in [5.41, 5.74) is 0. The number of nitrogens with zero attached hydrogens (tertiary/aromatic N) is 2. The number of rotatable bonds is 3. The maximum absolute atomic E-state index is 12.2. The lowest BCUT2D eigenvalue weighted by Gasteiger charge is -2.18. The van der Waals surface area contributed by atoms with Crippen LogP contribution in [-0.4, -0.2) is 60.3 Å². The Kier molecular flexibility index (Phi) is 4.37. The highest BCUT2D eigenvalue weighted by Crippen LogP contribution is 2.37. The second-order valence-electron chi connectivity index (χ2n) is 5.72. The molecular formula is C15H18N2O4S2. The predicted molar refractivity (Wildman–Crippen MR) is 90.6 cm³/mol. The van der Waals surface area contributed by atoms with Gasteiger partial charge in [-0.3, -0.25) is 4.79 Å². The highest BCUT2D eigenvalue weighted by atomic mass is 32.2. The van der Waals surface area contributed by atoms with E-state index in [4.69, 9.17) is 4.74 Å². The minimum atomic E-state index is -2.97. The molecule has 124 valence electrons. The molecule has 3 rings (SSSR count). The fourth-order valence-corrected chi connectivity index (χ4v) is 6.68. The summed E-state index contributed by atoms with van der Waals surface area (Å²) in [5, 5.41) is 0.533. The predicted octanol–water partition coefficient (Wildman–Crippen LogP) is 1.18. The summed E-state index contributed by atoms with van der Waals surface area (Å²) in [4.78, 5) is 18.2. The summed E-state index contributed by atoms with van der Waals surface area (Å²) in [5.74, 6) is 0.524. The average molecular weight is 354 g/mol. The molecule has 0 bridgehead atoms. The standard InChI is InChI=1S/C15H18N2O4S2/c1-10(21-11-6-4-3-5-7-11)14(18)16-15-17(2)12-8-23(19,20)9-13(12)22-15/h3-7,10,12-13H,8-9H2,1-2H3/t10-,12-,13+/m0/s1. The number of carbonyl (C=O) groups excluding carboxylic acids is 1. The highest BCUT2D eigenvalue weighted by molar-refractivity contribution is 8.15. The first kappa shape index (κ1) is 16.3. The van der Waals surface area contributed by atoms with Crippen LogP contribution in [0.2, 0.25) is 0 Å². The summed E-state index contributed by atoms with van der Waals surface area (Å²) in [7, 11) is -1.19. The summed E-state index contributed by atoms with van der Waals surface area (Å²) in [6, 6.07) is 9.00. The van der Waals surface area contributed by atoms with Crippen LogP contribution in [0.4, 0.5) is 0 Å². The van der Waals surface area contributed by atoms with Crippen molar-refractivity contribution in [2.24, 2.45) is 4.99 Å². The SMILES string of the molecule is C[C@H](Oc1ccccc1)C(=O)N=C1S[C@@H]2CS(=O)(=O)C[C@@H]2N1C. The molecule has 2 fully saturated rings. The zero-order valence-corrected chi connectivity index (χ0v) is 14.5. The molecule has 1 amide bonds. The molecule has 2 saturated heterocycles. The molecule has 0 radical (unpaired) electrons. The Morgan fingerprint density at radius 2 is 2.04 bits per heavy atom. The van der Waals surface area contributed by atoms with Gasteiger partial charge in [0, 0.05) is 12.3 Å². The van der Waals surface area contributed by atoms with Crippen LogP contribution < -0.4 is 4.74 Å². The van der Waals surface area contributed by atoms with E-state index in [0.717, 1.165) is 0 Å². The summed E-state index contributed by atoms with van der Waals surface area (Å²) in [6.07, 6.45) is -0.692. The first-order chi connectivity index (χ1) is 10.9. The van der Waals surface area contributed by atoms with Crippen LogP contribution in [0.15, 0.2) is 35.3 Å². The number of ether oxygens (including phenoxy) is 1. The van der Waals surface area contributed by atoms with Gasteiger partial charge in [-0.2, -0.15) is 4.99 Å². The van der Waals surface area contributed by atoms with Crippen molar-refractivity contribution in [2.45, 2.75) is 24.3 Å². The van der Waals surface area contributed by atoms with Crippen LogP contribution in [0.3, 0.4) is 0 Å². The maximum Gasteiger partial charge on any atom is 0.288 e. The third kappa shape index (κ3) is 3.53. The smallest absolute Gasteiger partial charge is 0.288 e. The number of hydrogen-bond acceptors (Lipinski definition) is 5. The number of sulfone groups is 1. The van der Waals surface area contributed by atoms with Gasteiger partial charge in [0.25, 0.3) is 5.91 Å². The number of benzene rings is 1. The van der Waals surface area contributed by atoms with Crippen LogP contribution in [-0.2, 0) is 14.6 Å². The number of amidine groups is 1. The van der Waals surface area contributed by atoms with Gasteiger partial charge in [-0.05, 0) is 19.1 Å². The van der Waals surface area contributed by atoms with Crippen molar-refractivity contribution in [3.05, 3.63) is 30.3 Å². The summed E-state index contributed by atoms with van der Waals surface area (Å²) < 4.78 is 28.9. The van der Waals surface area contributed by atoms with Crippen molar-refractivity contribution < 1.29 is 17.9 Å². The van der Waals surface area contributed by atoms with Gasteiger partial charge in [0.15, 0.2) is 21.1 Å². The van der Waals surface area contributed by atoms with Gasteiger partial charge >= 0.3 is 0 Å². The van der Waals surface area contributed by atoms with Gasteiger partial charge in [0.05, 0.1) is 17.5 Å².